The lowest BCUT2D eigenvalue weighted by atomic mass is 10.0. The highest BCUT2D eigenvalue weighted by atomic mass is 79.9. The van der Waals surface area contributed by atoms with Gasteiger partial charge in [0.25, 0.3) is 0 Å². The highest BCUT2D eigenvalue weighted by molar-refractivity contribution is 9.10. The predicted octanol–water partition coefficient (Wildman–Crippen LogP) is 4.58. The second-order valence-electron chi connectivity index (χ2n) is 3.91. The normalized spacial score (nSPS) is 11.2. The number of ketones is 1. The standard InChI is InChI=1S/C14H8BrF3O2/c15-11-5-1-9(2-6-11)13(19)10-3-7-12(8-4-10)20-14(16,17)18/h1-8H. The summed E-state index contributed by atoms with van der Waals surface area (Å²) in [5, 5.41) is 0. The zero-order valence-electron chi connectivity index (χ0n) is 9.95. The number of alkyl halides is 3. The Hall–Kier alpha value is -1.82. The van der Waals surface area contributed by atoms with Gasteiger partial charge in [-0.05, 0) is 48.5 Å². The second-order valence-corrected chi connectivity index (χ2v) is 4.82. The lowest BCUT2D eigenvalue weighted by Gasteiger charge is -2.09. The predicted molar refractivity (Wildman–Crippen MR) is 70.7 cm³/mol. The molecule has 2 aromatic rings. The number of benzene rings is 2. The molecule has 0 spiro atoms. The summed E-state index contributed by atoms with van der Waals surface area (Å²) in [6.07, 6.45) is -4.74. The molecule has 0 saturated carbocycles. The Morgan fingerprint density at radius 1 is 0.900 bits per heavy atom. The average molecular weight is 345 g/mol. The van der Waals surface area contributed by atoms with Crippen LogP contribution < -0.4 is 4.74 Å². The van der Waals surface area contributed by atoms with Crippen molar-refractivity contribution in [1.29, 1.82) is 0 Å². The van der Waals surface area contributed by atoms with E-state index in [9.17, 15) is 18.0 Å². The topological polar surface area (TPSA) is 26.3 Å². The SMILES string of the molecule is O=C(c1ccc(Br)cc1)c1ccc(OC(F)(F)F)cc1. The fraction of sp³-hybridized carbons (Fsp3) is 0.0714. The van der Waals surface area contributed by atoms with Crippen molar-refractivity contribution in [2.24, 2.45) is 0 Å². The highest BCUT2D eigenvalue weighted by Crippen LogP contribution is 2.23. The Morgan fingerprint density at radius 3 is 1.80 bits per heavy atom. The van der Waals surface area contributed by atoms with Gasteiger partial charge in [0.05, 0.1) is 0 Å². The smallest absolute Gasteiger partial charge is 0.406 e. The summed E-state index contributed by atoms with van der Waals surface area (Å²) < 4.78 is 40.6. The third-order valence-corrected chi connectivity index (χ3v) is 2.99. The Balaban J connectivity index is 2.17. The third kappa shape index (κ3) is 3.84. The van der Waals surface area contributed by atoms with Crippen molar-refractivity contribution < 1.29 is 22.7 Å². The Morgan fingerprint density at radius 2 is 1.35 bits per heavy atom. The number of hydrogen-bond donors (Lipinski definition) is 0. The summed E-state index contributed by atoms with van der Waals surface area (Å²) in [6.45, 7) is 0. The minimum atomic E-state index is -4.74. The molecule has 104 valence electrons. The molecule has 0 heterocycles. The van der Waals surface area contributed by atoms with Gasteiger partial charge in [0, 0.05) is 15.6 Å². The molecule has 0 aromatic heterocycles. The van der Waals surface area contributed by atoms with Crippen molar-refractivity contribution >= 4 is 21.7 Å². The van der Waals surface area contributed by atoms with Crippen LogP contribution in [0.3, 0.4) is 0 Å². The van der Waals surface area contributed by atoms with E-state index in [1.54, 1.807) is 24.3 Å². The van der Waals surface area contributed by atoms with Gasteiger partial charge in [0.1, 0.15) is 5.75 Å². The van der Waals surface area contributed by atoms with Crippen LogP contribution in [0, 0.1) is 0 Å². The van der Waals surface area contributed by atoms with E-state index in [2.05, 4.69) is 20.7 Å². The maximum atomic E-state index is 12.1. The van der Waals surface area contributed by atoms with E-state index in [0.29, 0.717) is 11.1 Å². The van der Waals surface area contributed by atoms with E-state index in [1.165, 1.54) is 12.1 Å². The van der Waals surface area contributed by atoms with Crippen LogP contribution in [0.25, 0.3) is 0 Å². The van der Waals surface area contributed by atoms with E-state index in [1.807, 2.05) is 0 Å². The number of ether oxygens (including phenoxy) is 1. The zero-order valence-corrected chi connectivity index (χ0v) is 11.5. The lowest BCUT2D eigenvalue weighted by molar-refractivity contribution is -0.274. The summed E-state index contributed by atoms with van der Waals surface area (Å²) >= 11 is 3.25. The van der Waals surface area contributed by atoms with Crippen molar-refractivity contribution in [3.05, 3.63) is 64.1 Å². The molecule has 0 atom stereocenters. The molecule has 2 aromatic carbocycles. The molecule has 2 rings (SSSR count). The number of rotatable bonds is 3. The maximum absolute atomic E-state index is 12.1. The molecule has 0 fully saturated rings. The van der Waals surface area contributed by atoms with Gasteiger partial charge in [-0.15, -0.1) is 13.2 Å². The molecule has 0 aliphatic rings. The van der Waals surface area contributed by atoms with Gasteiger partial charge in [0.2, 0.25) is 0 Å². The van der Waals surface area contributed by atoms with Gasteiger partial charge in [-0.3, -0.25) is 4.79 Å². The molecular weight excluding hydrogens is 337 g/mol. The average Bonchev–Trinajstić information content (AvgIpc) is 2.38. The first-order chi connectivity index (χ1) is 9.35. The van der Waals surface area contributed by atoms with Crippen molar-refractivity contribution in [2.75, 3.05) is 0 Å². The summed E-state index contributed by atoms with van der Waals surface area (Å²) in [6, 6.07) is 11.5. The van der Waals surface area contributed by atoms with Crippen LogP contribution in [0.5, 0.6) is 5.75 Å². The molecule has 0 N–H and O–H groups in total. The third-order valence-electron chi connectivity index (χ3n) is 2.46. The van der Waals surface area contributed by atoms with E-state index in [4.69, 9.17) is 0 Å². The van der Waals surface area contributed by atoms with Gasteiger partial charge in [-0.25, -0.2) is 0 Å². The number of carbonyl (C=O) groups is 1. The minimum absolute atomic E-state index is 0.268. The largest absolute Gasteiger partial charge is 0.573 e. The molecule has 0 amide bonds. The quantitative estimate of drug-likeness (QED) is 0.762. The van der Waals surface area contributed by atoms with E-state index >= 15 is 0 Å². The zero-order chi connectivity index (χ0) is 14.8. The molecule has 0 aliphatic heterocycles. The lowest BCUT2D eigenvalue weighted by Crippen LogP contribution is -2.17. The minimum Gasteiger partial charge on any atom is -0.406 e. The van der Waals surface area contributed by atoms with Crippen molar-refractivity contribution in [2.45, 2.75) is 6.36 Å². The van der Waals surface area contributed by atoms with Crippen LogP contribution >= 0.6 is 15.9 Å². The monoisotopic (exact) mass is 344 g/mol. The molecule has 0 unspecified atom stereocenters. The van der Waals surface area contributed by atoms with Gasteiger partial charge in [-0.2, -0.15) is 0 Å². The molecule has 0 aliphatic carbocycles. The first-order valence-corrected chi connectivity index (χ1v) is 6.30. The van der Waals surface area contributed by atoms with Crippen molar-refractivity contribution in [3.63, 3.8) is 0 Å². The Bertz CT molecular complexity index is 604. The highest BCUT2D eigenvalue weighted by Gasteiger charge is 2.31. The second kappa shape index (κ2) is 5.66. The van der Waals surface area contributed by atoms with Crippen LogP contribution in [0.2, 0.25) is 0 Å². The van der Waals surface area contributed by atoms with Crippen LogP contribution in [-0.2, 0) is 0 Å². The molecule has 0 bridgehead atoms. The van der Waals surface area contributed by atoms with Crippen LogP contribution in [0.15, 0.2) is 53.0 Å². The first kappa shape index (κ1) is 14.6. The summed E-state index contributed by atoms with van der Waals surface area (Å²) in [7, 11) is 0. The van der Waals surface area contributed by atoms with Crippen LogP contribution in [-0.4, -0.2) is 12.1 Å². The van der Waals surface area contributed by atoms with Gasteiger partial charge < -0.3 is 4.74 Å². The first-order valence-electron chi connectivity index (χ1n) is 5.51. The number of carbonyl (C=O) groups excluding carboxylic acids is 1. The number of halogens is 4. The number of hydrogen-bond acceptors (Lipinski definition) is 2. The van der Waals surface area contributed by atoms with E-state index in [0.717, 1.165) is 16.6 Å². The van der Waals surface area contributed by atoms with Gasteiger partial charge >= 0.3 is 6.36 Å². The maximum Gasteiger partial charge on any atom is 0.573 e. The molecule has 6 heteroatoms. The summed E-state index contributed by atoms with van der Waals surface area (Å²) in [4.78, 5) is 12.1. The summed E-state index contributed by atoms with van der Waals surface area (Å²) in [5.74, 6) is -0.624. The Kier molecular flexibility index (Phi) is 4.13. The molecule has 2 nitrogen and oxygen atoms in total. The fourth-order valence-corrected chi connectivity index (χ4v) is 1.84. The van der Waals surface area contributed by atoms with Crippen LogP contribution in [0.4, 0.5) is 13.2 Å². The fourth-order valence-electron chi connectivity index (χ4n) is 1.58. The van der Waals surface area contributed by atoms with E-state index < -0.39 is 6.36 Å². The molecular formula is C14H8BrF3O2. The molecule has 0 saturated heterocycles. The molecule has 20 heavy (non-hydrogen) atoms. The molecule has 0 radical (unpaired) electrons. The van der Waals surface area contributed by atoms with Crippen LogP contribution in [0.1, 0.15) is 15.9 Å². The van der Waals surface area contributed by atoms with E-state index in [-0.39, 0.29) is 11.5 Å². The van der Waals surface area contributed by atoms with Gasteiger partial charge in [0.15, 0.2) is 5.78 Å². The van der Waals surface area contributed by atoms with Crippen molar-refractivity contribution in [3.8, 4) is 5.75 Å². The van der Waals surface area contributed by atoms with Gasteiger partial charge in [-0.1, -0.05) is 15.9 Å². The summed E-state index contributed by atoms with van der Waals surface area (Å²) in [5.41, 5.74) is 0.750. The van der Waals surface area contributed by atoms with Crippen molar-refractivity contribution in [1.82, 2.24) is 0 Å². The Labute approximate surface area is 121 Å².